The number of cyclic esters (lactones) is 1. The van der Waals surface area contributed by atoms with E-state index in [1.54, 1.807) is 17.9 Å². The number of rotatable bonds is 6. The number of nitrogens with zero attached hydrogens (tertiary/aromatic N) is 2. The Hall–Kier alpha value is -3.02. The molecule has 8 atom stereocenters. The molecule has 4 aliphatic rings. The van der Waals surface area contributed by atoms with Gasteiger partial charge in [0.25, 0.3) is 0 Å². The van der Waals surface area contributed by atoms with Crippen LogP contribution in [0.1, 0.15) is 65.5 Å². The van der Waals surface area contributed by atoms with Crippen molar-refractivity contribution in [2.75, 3.05) is 13.2 Å². The fourth-order valence-corrected chi connectivity index (χ4v) is 8.09. The van der Waals surface area contributed by atoms with Crippen LogP contribution in [0.3, 0.4) is 0 Å². The summed E-state index contributed by atoms with van der Waals surface area (Å²) in [5.74, 6) is -3.53. The number of benzene rings is 1. The first kappa shape index (κ1) is 33.3. The molecule has 2 N–H and O–H groups in total. The number of carbonyl (C=O) groups excluding carboxylic acids is 4. The minimum absolute atomic E-state index is 0.127. The second-order valence-corrected chi connectivity index (χ2v) is 14.2. The first-order valence-electron chi connectivity index (χ1n) is 15.9. The van der Waals surface area contributed by atoms with Crippen LogP contribution in [0.25, 0.3) is 0 Å². The molecule has 1 aromatic carbocycles. The van der Waals surface area contributed by atoms with Crippen molar-refractivity contribution in [2.24, 2.45) is 17.8 Å². The molecule has 0 saturated carbocycles. The zero-order valence-corrected chi connectivity index (χ0v) is 28.1. The second-order valence-electron chi connectivity index (χ2n) is 13.3. The number of amides is 3. The van der Waals surface area contributed by atoms with Gasteiger partial charge in [-0.15, -0.1) is 0 Å². The highest BCUT2D eigenvalue weighted by molar-refractivity contribution is 9.11. The zero-order valence-electron chi connectivity index (χ0n) is 26.5. The number of nitrogens with one attached hydrogen (secondary N) is 1. The summed E-state index contributed by atoms with van der Waals surface area (Å²) in [6.07, 6.45) is 5.00. The summed E-state index contributed by atoms with van der Waals surface area (Å²) in [7, 11) is 0. The molecule has 3 amide bonds. The molecule has 0 radical (unpaired) electrons. The van der Waals surface area contributed by atoms with E-state index in [4.69, 9.17) is 9.47 Å². The van der Waals surface area contributed by atoms with Crippen molar-refractivity contribution in [3.63, 3.8) is 0 Å². The lowest BCUT2D eigenvalue weighted by molar-refractivity contribution is -0.162. The predicted octanol–water partition coefficient (Wildman–Crippen LogP) is 3.64. The van der Waals surface area contributed by atoms with E-state index in [1.165, 1.54) is 4.90 Å². The summed E-state index contributed by atoms with van der Waals surface area (Å²) in [5.41, 5.74) is -0.735. The van der Waals surface area contributed by atoms with E-state index >= 15 is 0 Å². The average molecular weight is 687 g/mol. The predicted molar refractivity (Wildman–Crippen MR) is 171 cm³/mol. The van der Waals surface area contributed by atoms with Gasteiger partial charge in [-0.3, -0.25) is 19.2 Å². The third-order valence-corrected chi connectivity index (χ3v) is 10.0. The van der Waals surface area contributed by atoms with Crippen LogP contribution in [0.2, 0.25) is 0 Å². The summed E-state index contributed by atoms with van der Waals surface area (Å²) in [5, 5.41) is 13.6. The van der Waals surface area contributed by atoms with Gasteiger partial charge in [0.05, 0.1) is 24.6 Å². The highest BCUT2D eigenvalue weighted by atomic mass is 79.9. The lowest BCUT2D eigenvalue weighted by atomic mass is 9.74. The molecule has 4 heterocycles. The SMILES string of the molecule is CC(C)C[C@H](CO)N1C(=O)[C@@H]2[C@H]3C(=O)O[C@@H](c4ccccc4)[C@H](C)NC(=O)CC/C=C\CN(C(C)C)C(=O)[C@@H]1[C@]21C=C(Br)[C@H]3O1. The van der Waals surface area contributed by atoms with Gasteiger partial charge < -0.3 is 29.7 Å². The Morgan fingerprint density at radius 2 is 1.76 bits per heavy atom. The van der Waals surface area contributed by atoms with E-state index in [1.807, 2.05) is 70.2 Å². The molecule has 0 aliphatic carbocycles. The second kappa shape index (κ2) is 13.4. The maximum atomic E-state index is 14.7. The van der Waals surface area contributed by atoms with Crippen molar-refractivity contribution >= 4 is 39.6 Å². The van der Waals surface area contributed by atoms with Crippen LogP contribution in [0.4, 0.5) is 0 Å². The molecule has 10 nitrogen and oxygen atoms in total. The fourth-order valence-electron chi connectivity index (χ4n) is 7.36. The minimum Gasteiger partial charge on any atom is -0.455 e. The molecule has 4 aliphatic heterocycles. The van der Waals surface area contributed by atoms with Crippen LogP contribution in [0.5, 0.6) is 0 Å². The number of likely N-dealkylation sites (tertiary alicyclic amines) is 1. The molecule has 0 unspecified atom stereocenters. The highest BCUT2D eigenvalue weighted by Gasteiger charge is 2.75. The lowest BCUT2D eigenvalue weighted by Gasteiger charge is -2.40. The van der Waals surface area contributed by atoms with Gasteiger partial charge in [-0.25, -0.2) is 0 Å². The number of aliphatic hydroxyl groups excluding tert-OH is 1. The third kappa shape index (κ3) is 6.11. The number of aliphatic hydroxyl groups is 1. The van der Waals surface area contributed by atoms with Gasteiger partial charge in [-0.2, -0.15) is 0 Å². The van der Waals surface area contributed by atoms with Gasteiger partial charge in [0.2, 0.25) is 17.7 Å². The first-order valence-corrected chi connectivity index (χ1v) is 16.7. The standard InChI is InChI=1S/C34H44BrN3O7/c1-19(2)16-23(18-39)38-30-32(42)37(20(3)4)15-11-7-10-14-25(40)36-21(5)28(22-12-8-6-9-13-22)44-33(43)26-27(31(38)41)34(30)17-24(35)29(26)45-34/h6-9,11-13,17,19-21,23,26-30,39H,10,14-16,18H2,1-5H3,(H,36,40)/b11-7-/t21-,23+,26+,27-,28+,29+,30+,34-/m0/s1. The summed E-state index contributed by atoms with van der Waals surface area (Å²) in [6.45, 7) is 9.51. The molecule has 244 valence electrons. The normalized spacial score (nSPS) is 33.8. The van der Waals surface area contributed by atoms with Gasteiger partial charge in [0.1, 0.15) is 29.8 Å². The molecule has 1 aromatic rings. The summed E-state index contributed by atoms with van der Waals surface area (Å²) in [6, 6.07) is 6.63. The Balaban J connectivity index is 1.64. The van der Waals surface area contributed by atoms with E-state index in [0.717, 1.165) is 0 Å². The fraction of sp³-hybridized carbons (Fsp3) is 0.588. The van der Waals surface area contributed by atoms with E-state index in [0.29, 0.717) is 22.9 Å². The van der Waals surface area contributed by atoms with Crippen molar-refractivity contribution < 1.29 is 33.8 Å². The minimum atomic E-state index is -1.43. The Bertz CT molecular complexity index is 1360. The van der Waals surface area contributed by atoms with Crippen LogP contribution in [0, 0.1) is 17.8 Å². The van der Waals surface area contributed by atoms with Crippen LogP contribution in [-0.4, -0.2) is 87.6 Å². The number of carbonyl (C=O) groups is 4. The molecule has 0 aromatic heterocycles. The summed E-state index contributed by atoms with van der Waals surface area (Å²) >= 11 is 3.59. The zero-order chi connectivity index (χ0) is 32.6. The maximum absolute atomic E-state index is 14.7. The highest BCUT2D eigenvalue weighted by Crippen LogP contribution is 2.59. The van der Waals surface area contributed by atoms with Crippen LogP contribution < -0.4 is 5.32 Å². The van der Waals surface area contributed by atoms with Crippen molar-refractivity contribution in [1.29, 1.82) is 0 Å². The van der Waals surface area contributed by atoms with Crippen LogP contribution in [0.15, 0.2) is 53.0 Å². The summed E-state index contributed by atoms with van der Waals surface area (Å²) in [4.78, 5) is 59.6. The molecule has 45 heavy (non-hydrogen) atoms. The lowest BCUT2D eigenvalue weighted by Crippen LogP contribution is -2.59. The van der Waals surface area contributed by atoms with Crippen molar-refractivity contribution in [1.82, 2.24) is 15.1 Å². The topological polar surface area (TPSA) is 125 Å². The van der Waals surface area contributed by atoms with Crippen LogP contribution in [-0.2, 0) is 28.7 Å². The van der Waals surface area contributed by atoms with Crippen molar-refractivity contribution in [3.05, 3.63) is 58.6 Å². The number of hydrogen-bond donors (Lipinski definition) is 2. The molecular weight excluding hydrogens is 642 g/mol. The Labute approximate surface area is 273 Å². The van der Waals surface area contributed by atoms with Gasteiger partial charge in [-0.05, 0) is 51.2 Å². The van der Waals surface area contributed by atoms with E-state index in [9.17, 15) is 24.3 Å². The van der Waals surface area contributed by atoms with Gasteiger partial charge >= 0.3 is 5.97 Å². The number of hydrogen-bond acceptors (Lipinski definition) is 7. The molecule has 11 heteroatoms. The smallest absolute Gasteiger partial charge is 0.313 e. The molecule has 1 spiro atoms. The third-order valence-electron chi connectivity index (χ3n) is 9.34. The number of esters is 1. The number of fused-ring (bicyclic) bond motifs is 2. The van der Waals surface area contributed by atoms with E-state index < -0.39 is 59.6 Å². The largest absolute Gasteiger partial charge is 0.455 e. The van der Waals surface area contributed by atoms with Gasteiger partial charge in [0.15, 0.2) is 0 Å². The van der Waals surface area contributed by atoms with Gasteiger partial charge in [-0.1, -0.05) is 72.3 Å². The summed E-state index contributed by atoms with van der Waals surface area (Å²) < 4.78 is 13.4. The number of ether oxygens (including phenoxy) is 2. The molecule has 2 saturated heterocycles. The van der Waals surface area contributed by atoms with Gasteiger partial charge in [0, 0.05) is 23.5 Å². The van der Waals surface area contributed by atoms with Crippen molar-refractivity contribution in [3.8, 4) is 0 Å². The van der Waals surface area contributed by atoms with Crippen molar-refractivity contribution in [2.45, 2.75) is 95.9 Å². The quantitative estimate of drug-likeness (QED) is 0.346. The monoisotopic (exact) mass is 685 g/mol. The van der Waals surface area contributed by atoms with E-state index in [2.05, 4.69) is 21.2 Å². The Morgan fingerprint density at radius 1 is 1.04 bits per heavy atom. The first-order chi connectivity index (χ1) is 21.4. The number of allylic oxidation sites excluding steroid dienone is 1. The average Bonchev–Trinajstić information content (AvgIpc) is 3.58. The number of halogens is 1. The molecule has 5 rings (SSSR count). The maximum Gasteiger partial charge on any atom is 0.313 e. The Kier molecular flexibility index (Phi) is 9.91. The van der Waals surface area contributed by atoms with Crippen LogP contribution >= 0.6 is 15.9 Å². The molecule has 2 fully saturated rings. The van der Waals surface area contributed by atoms with E-state index in [-0.39, 0.29) is 43.3 Å². The molecular formula is C34H44BrN3O7. The molecule has 5 bridgehead atoms. The Morgan fingerprint density at radius 3 is 2.40 bits per heavy atom.